The normalized spacial score (nSPS) is 18.2. The topological polar surface area (TPSA) is 24.1 Å². The van der Waals surface area contributed by atoms with E-state index in [0.29, 0.717) is 0 Å². The molecule has 1 aliphatic rings. The zero-order chi connectivity index (χ0) is 10.5. The monoisotopic (exact) mass is 288 g/mol. The molecule has 0 atom stereocenters. The Kier molecular flexibility index (Phi) is 4.62. The van der Waals surface area contributed by atoms with Crippen molar-refractivity contribution in [2.75, 3.05) is 19.6 Å². The largest absolute Gasteiger partial charge is 0.317 e. The number of piperidine rings is 1. The van der Waals surface area contributed by atoms with Gasteiger partial charge < -0.3 is 10.6 Å². The first-order valence-corrected chi connectivity index (χ1v) is 7.16. The van der Waals surface area contributed by atoms with Crippen LogP contribution in [0.15, 0.2) is 15.9 Å². The van der Waals surface area contributed by atoms with Crippen LogP contribution in [0.3, 0.4) is 0 Å². The molecular formula is C11H17BrN2S. The fourth-order valence-corrected chi connectivity index (χ4v) is 3.35. The van der Waals surface area contributed by atoms with Crippen LogP contribution in [0.2, 0.25) is 0 Å². The van der Waals surface area contributed by atoms with Crippen molar-refractivity contribution in [3.63, 3.8) is 0 Å². The lowest BCUT2D eigenvalue weighted by Gasteiger charge is -2.22. The zero-order valence-corrected chi connectivity index (χ0v) is 11.2. The fourth-order valence-electron chi connectivity index (χ4n) is 1.93. The molecule has 0 radical (unpaired) electrons. The van der Waals surface area contributed by atoms with E-state index in [1.165, 1.54) is 35.3 Å². The molecule has 84 valence electrons. The molecule has 15 heavy (non-hydrogen) atoms. The van der Waals surface area contributed by atoms with Crippen molar-refractivity contribution in [3.05, 3.63) is 20.8 Å². The molecule has 1 aromatic rings. The molecule has 0 bridgehead atoms. The Morgan fingerprint density at radius 2 is 2.27 bits per heavy atom. The quantitative estimate of drug-likeness (QED) is 0.890. The minimum Gasteiger partial charge on any atom is -0.317 e. The van der Waals surface area contributed by atoms with Crippen molar-refractivity contribution in [3.8, 4) is 0 Å². The van der Waals surface area contributed by atoms with Crippen LogP contribution in [-0.4, -0.2) is 19.6 Å². The second kappa shape index (κ2) is 5.99. The van der Waals surface area contributed by atoms with Gasteiger partial charge in [0.25, 0.3) is 0 Å². The molecule has 2 nitrogen and oxygen atoms in total. The van der Waals surface area contributed by atoms with Crippen LogP contribution in [0.5, 0.6) is 0 Å². The lowest BCUT2D eigenvalue weighted by molar-refractivity contribution is 0.357. The highest BCUT2D eigenvalue weighted by Crippen LogP contribution is 2.19. The van der Waals surface area contributed by atoms with Gasteiger partial charge in [-0.3, -0.25) is 0 Å². The van der Waals surface area contributed by atoms with Gasteiger partial charge in [0.05, 0.1) is 0 Å². The van der Waals surface area contributed by atoms with Gasteiger partial charge in [0.2, 0.25) is 0 Å². The molecule has 0 aromatic carbocycles. The van der Waals surface area contributed by atoms with Crippen molar-refractivity contribution in [2.24, 2.45) is 5.92 Å². The summed E-state index contributed by atoms with van der Waals surface area (Å²) in [6.07, 6.45) is 2.64. The lowest BCUT2D eigenvalue weighted by atomic mass is 9.98. The zero-order valence-electron chi connectivity index (χ0n) is 8.76. The maximum atomic E-state index is 3.55. The predicted octanol–water partition coefficient (Wildman–Crippen LogP) is 2.60. The molecule has 1 aliphatic heterocycles. The van der Waals surface area contributed by atoms with Crippen molar-refractivity contribution >= 4 is 27.3 Å². The smallest absolute Gasteiger partial charge is 0.0300 e. The third-order valence-corrected chi connectivity index (χ3v) is 4.51. The Hall–Kier alpha value is 0.1000. The van der Waals surface area contributed by atoms with E-state index in [9.17, 15) is 0 Å². The van der Waals surface area contributed by atoms with Crippen LogP contribution >= 0.6 is 27.3 Å². The van der Waals surface area contributed by atoms with E-state index >= 15 is 0 Å². The van der Waals surface area contributed by atoms with E-state index in [4.69, 9.17) is 0 Å². The summed E-state index contributed by atoms with van der Waals surface area (Å²) in [7, 11) is 0. The van der Waals surface area contributed by atoms with Gasteiger partial charge in [0, 0.05) is 21.3 Å². The van der Waals surface area contributed by atoms with Gasteiger partial charge in [-0.1, -0.05) is 0 Å². The molecule has 4 heteroatoms. The number of halogens is 1. The summed E-state index contributed by atoms with van der Waals surface area (Å²) in [6, 6.07) is 2.19. The standard InChI is InChI=1S/C11H17BrN2S/c12-10-5-11(15-8-10)7-14-6-9-1-3-13-4-2-9/h5,8-9,13-14H,1-4,6-7H2. The van der Waals surface area contributed by atoms with E-state index in [1.807, 2.05) is 11.3 Å². The fraction of sp³-hybridized carbons (Fsp3) is 0.636. The number of hydrogen-bond donors (Lipinski definition) is 2. The van der Waals surface area contributed by atoms with E-state index in [2.05, 4.69) is 38.0 Å². The maximum absolute atomic E-state index is 3.55. The minimum atomic E-state index is 0.870. The molecular weight excluding hydrogens is 272 g/mol. The Morgan fingerprint density at radius 3 is 2.93 bits per heavy atom. The summed E-state index contributed by atoms with van der Waals surface area (Å²) in [4.78, 5) is 1.41. The average Bonchev–Trinajstić information content (AvgIpc) is 2.66. The highest BCUT2D eigenvalue weighted by molar-refractivity contribution is 9.10. The average molecular weight is 289 g/mol. The Bertz CT molecular complexity index is 295. The number of rotatable bonds is 4. The third kappa shape index (κ3) is 3.87. The van der Waals surface area contributed by atoms with Crippen LogP contribution in [0.4, 0.5) is 0 Å². The molecule has 2 heterocycles. The first-order valence-electron chi connectivity index (χ1n) is 5.49. The summed E-state index contributed by atoms with van der Waals surface area (Å²) < 4.78 is 1.20. The number of nitrogens with one attached hydrogen (secondary N) is 2. The SMILES string of the molecule is Brc1csc(CNCC2CCNCC2)c1. The van der Waals surface area contributed by atoms with Gasteiger partial charge in [-0.15, -0.1) is 11.3 Å². The second-order valence-electron chi connectivity index (χ2n) is 4.06. The highest BCUT2D eigenvalue weighted by Gasteiger charge is 2.11. The molecule has 2 N–H and O–H groups in total. The number of thiophene rings is 1. The Morgan fingerprint density at radius 1 is 1.47 bits per heavy atom. The molecule has 2 rings (SSSR count). The van der Waals surface area contributed by atoms with Crippen molar-refractivity contribution in [2.45, 2.75) is 19.4 Å². The molecule has 0 spiro atoms. The van der Waals surface area contributed by atoms with E-state index in [-0.39, 0.29) is 0 Å². The van der Waals surface area contributed by atoms with Gasteiger partial charge in [-0.2, -0.15) is 0 Å². The third-order valence-electron chi connectivity index (χ3n) is 2.81. The van der Waals surface area contributed by atoms with Gasteiger partial charge in [-0.25, -0.2) is 0 Å². The summed E-state index contributed by atoms with van der Waals surface area (Å²) >= 11 is 5.29. The number of hydrogen-bond acceptors (Lipinski definition) is 3. The van der Waals surface area contributed by atoms with Gasteiger partial charge >= 0.3 is 0 Å². The van der Waals surface area contributed by atoms with E-state index < -0.39 is 0 Å². The van der Waals surface area contributed by atoms with Crippen molar-refractivity contribution in [1.29, 1.82) is 0 Å². The Balaban J connectivity index is 1.65. The van der Waals surface area contributed by atoms with Gasteiger partial charge in [-0.05, 0) is 60.4 Å². The summed E-state index contributed by atoms with van der Waals surface area (Å²) in [5.74, 6) is 0.870. The van der Waals surface area contributed by atoms with Crippen LogP contribution in [0, 0.1) is 5.92 Å². The summed E-state index contributed by atoms with van der Waals surface area (Å²) in [6.45, 7) is 4.56. The first kappa shape index (κ1) is 11.6. The molecule has 0 amide bonds. The van der Waals surface area contributed by atoms with Crippen LogP contribution in [-0.2, 0) is 6.54 Å². The van der Waals surface area contributed by atoms with Crippen LogP contribution < -0.4 is 10.6 Å². The maximum Gasteiger partial charge on any atom is 0.0300 e. The highest BCUT2D eigenvalue weighted by atomic mass is 79.9. The summed E-state index contributed by atoms with van der Waals surface area (Å²) in [5, 5.41) is 9.08. The van der Waals surface area contributed by atoms with Crippen molar-refractivity contribution < 1.29 is 0 Å². The second-order valence-corrected chi connectivity index (χ2v) is 5.97. The molecule has 1 saturated heterocycles. The van der Waals surface area contributed by atoms with Gasteiger partial charge in [0.1, 0.15) is 0 Å². The summed E-state index contributed by atoms with van der Waals surface area (Å²) in [5.41, 5.74) is 0. The molecule has 0 unspecified atom stereocenters. The Labute approximate surface area is 104 Å². The van der Waals surface area contributed by atoms with Crippen molar-refractivity contribution in [1.82, 2.24) is 10.6 Å². The molecule has 1 aromatic heterocycles. The predicted molar refractivity (Wildman–Crippen MR) is 69.3 cm³/mol. The first-order chi connectivity index (χ1) is 7.34. The molecule has 1 fully saturated rings. The lowest BCUT2D eigenvalue weighted by Crippen LogP contribution is -2.33. The van der Waals surface area contributed by atoms with E-state index in [0.717, 1.165) is 19.0 Å². The van der Waals surface area contributed by atoms with Gasteiger partial charge in [0.15, 0.2) is 0 Å². The van der Waals surface area contributed by atoms with Crippen LogP contribution in [0.25, 0.3) is 0 Å². The van der Waals surface area contributed by atoms with E-state index in [1.54, 1.807) is 0 Å². The molecule has 0 aliphatic carbocycles. The van der Waals surface area contributed by atoms with Crippen LogP contribution in [0.1, 0.15) is 17.7 Å². The minimum absolute atomic E-state index is 0.870. The molecule has 0 saturated carbocycles.